The van der Waals surface area contributed by atoms with Crippen molar-refractivity contribution in [1.82, 2.24) is 14.0 Å². The van der Waals surface area contributed by atoms with Gasteiger partial charge in [-0.25, -0.2) is 14.2 Å². The number of para-hydroxylation sites is 2. The molecule has 2 aromatic carbocycles. The van der Waals surface area contributed by atoms with E-state index in [1.807, 2.05) is 60.9 Å². The molecule has 0 saturated heterocycles. The van der Waals surface area contributed by atoms with E-state index in [-0.39, 0.29) is 11.1 Å². The molecule has 7 heteroatoms. The van der Waals surface area contributed by atoms with Gasteiger partial charge < -0.3 is 9.67 Å². The third-order valence-electron chi connectivity index (χ3n) is 5.25. The molecule has 3 heterocycles. The molecular weight excluding hydrogens is 398 g/mol. The second-order valence-electron chi connectivity index (χ2n) is 7.15. The highest BCUT2D eigenvalue weighted by atomic mass is 32.1. The standard InChI is InChI=1S/C23H17N3O3S/c1-13-10-16(14(2)25(13)17-7-5-6-15(11-17)22(28)29)12-20-21(27)26-19-9-4-3-8-18(19)24-23(26)30-20/h3-12H,1-2H3,(H,28,29)/b20-12+. The average molecular weight is 415 g/mol. The summed E-state index contributed by atoms with van der Waals surface area (Å²) >= 11 is 1.37. The number of aromatic carboxylic acids is 1. The predicted molar refractivity (Wildman–Crippen MR) is 118 cm³/mol. The minimum atomic E-state index is -0.962. The second kappa shape index (κ2) is 6.67. The number of aromatic nitrogens is 3. The van der Waals surface area contributed by atoms with Crippen molar-refractivity contribution in [3.63, 3.8) is 0 Å². The summed E-state index contributed by atoms with van der Waals surface area (Å²) in [6.45, 7) is 3.93. The van der Waals surface area contributed by atoms with Gasteiger partial charge in [-0.2, -0.15) is 0 Å². The van der Waals surface area contributed by atoms with E-state index in [1.54, 1.807) is 22.6 Å². The number of carbonyl (C=O) groups is 1. The van der Waals surface area contributed by atoms with Crippen molar-refractivity contribution >= 4 is 39.4 Å². The van der Waals surface area contributed by atoms with Gasteiger partial charge in [0.05, 0.1) is 21.1 Å². The van der Waals surface area contributed by atoms with E-state index in [2.05, 4.69) is 4.98 Å². The number of nitrogens with zero attached hydrogens (tertiary/aromatic N) is 3. The second-order valence-corrected chi connectivity index (χ2v) is 8.16. The lowest BCUT2D eigenvalue weighted by molar-refractivity contribution is 0.0697. The van der Waals surface area contributed by atoms with Crippen LogP contribution in [0.25, 0.3) is 27.8 Å². The first kappa shape index (κ1) is 18.3. The normalized spacial score (nSPS) is 12.3. The van der Waals surface area contributed by atoms with Crippen molar-refractivity contribution in [3.8, 4) is 5.69 Å². The van der Waals surface area contributed by atoms with Crippen LogP contribution in [0.1, 0.15) is 27.3 Å². The first-order valence-electron chi connectivity index (χ1n) is 9.38. The minimum Gasteiger partial charge on any atom is -0.478 e. The monoisotopic (exact) mass is 415 g/mol. The van der Waals surface area contributed by atoms with E-state index in [0.717, 1.165) is 33.7 Å². The fourth-order valence-corrected chi connectivity index (χ4v) is 4.84. The largest absolute Gasteiger partial charge is 0.478 e. The molecule has 148 valence electrons. The zero-order chi connectivity index (χ0) is 21.0. The number of thiazole rings is 1. The molecule has 0 aliphatic rings. The lowest BCUT2D eigenvalue weighted by Gasteiger charge is -2.10. The van der Waals surface area contributed by atoms with E-state index in [1.165, 1.54) is 11.3 Å². The molecule has 0 unspecified atom stereocenters. The van der Waals surface area contributed by atoms with Crippen LogP contribution in [0.5, 0.6) is 0 Å². The maximum atomic E-state index is 13.0. The minimum absolute atomic E-state index is 0.0821. The Morgan fingerprint density at radius 3 is 2.70 bits per heavy atom. The van der Waals surface area contributed by atoms with Gasteiger partial charge in [-0.1, -0.05) is 29.5 Å². The number of hydrogen-bond donors (Lipinski definition) is 1. The molecule has 0 radical (unpaired) electrons. The van der Waals surface area contributed by atoms with Crippen LogP contribution in [0.15, 0.2) is 59.4 Å². The van der Waals surface area contributed by atoms with Gasteiger partial charge in [-0.15, -0.1) is 0 Å². The molecule has 0 fully saturated rings. The Kier molecular flexibility index (Phi) is 4.08. The summed E-state index contributed by atoms with van der Waals surface area (Å²) in [6, 6.07) is 16.4. The molecule has 3 aromatic heterocycles. The zero-order valence-corrected chi connectivity index (χ0v) is 17.1. The molecule has 0 saturated carbocycles. The van der Waals surface area contributed by atoms with Crippen LogP contribution in [0, 0.1) is 13.8 Å². The Bertz CT molecular complexity index is 1570. The topological polar surface area (TPSA) is 76.6 Å². The molecule has 0 amide bonds. The highest BCUT2D eigenvalue weighted by Gasteiger charge is 2.14. The Morgan fingerprint density at radius 2 is 1.90 bits per heavy atom. The van der Waals surface area contributed by atoms with Crippen LogP contribution in [0.3, 0.4) is 0 Å². The van der Waals surface area contributed by atoms with Crippen LogP contribution in [0.2, 0.25) is 0 Å². The highest BCUT2D eigenvalue weighted by Crippen LogP contribution is 2.22. The van der Waals surface area contributed by atoms with Crippen molar-refractivity contribution in [2.24, 2.45) is 0 Å². The number of hydrogen-bond acceptors (Lipinski definition) is 4. The van der Waals surface area contributed by atoms with E-state index >= 15 is 0 Å². The van der Waals surface area contributed by atoms with Crippen molar-refractivity contribution in [2.75, 3.05) is 0 Å². The Balaban J connectivity index is 1.68. The van der Waals surface area contributed by atoms with Gasteiger partial charge in [-0.3, -0.25) is 4.79 Å². The molecule has 6 nitrogen and oxygen atoms in total. The van der Waals surface area contributed by atoms with Gasteiger partial charge in [0.15, 0.2) is 4.96 Å². The third kappa shape index (κ3) is 2.74. The number of carboxylic acids is 1. The summed E-state index contributed by atoms with van der Waals surface area (Å²) in [5, 5.41) is 9.29. The van der Waals surface area contributed by atoms with E-state index in [4.69, 9.17) is 0 Å². The fourth-order valence-electron chi connectivity index (χ4n) is 3.86. The van der Waals surface area contributed by atoms with Crippen molar-refractivity contribution in [2.45, 2.75) is 13.8 Å². The molecule has 30 heavy (non-hydrogen) atoms. The molecule has 0 atom stereocenters. The van der Waals surface area contributed by atoms with Crippen molar-refractivity contribution < 1.29 is 9.90 Å². The van der Waals surface area contributed by atoms with Crippen LogP contribution in [-0.2, 0) is 0 Å². The van der Waals surface area contributed by atoms with Crippen LogP contribution in [0.4, 0.5) is 0 Å². The molecule has 0 spiro atoms. The first-order chi connectivity index (χ1) is 14.4. The quantitative estimate of drug-likeness (QED) is 0.489. The van der Waals surface area contributed by atoms with Gasteiger partial charge in [-0.05, 0) is 61.9 Å². The Hall–Kier alpha value is -3.71. The fraction of sp³-hybridized carbons (Fsp3) is 0.0870. The summed E-state index contributed by atoms with van der Waals surface area (Å²) in [5.41, 5.74) is 5.36. The molecule has 1 N–H and O–H groups in total. The lowest BCUT2D eigenvalue weighted by atomic mass is 10.2. The molecule has 0 bridgehead atoms. The van der Waals surface area contributed by atoms with Crippen molar-refractivity contribution in [1.29, 1.82) is 0 Å². The summed E-state index contributed by atoms with van der Waals surface area (Å²) in [5.74, 6) is -0.962. The third-order valence-corrected chi connectivity index (χ3v) is 6.22. The van der Waals surface area contributed by atoms with E-state index in [9.17, 15) is 14.7 Å². The average Bonchev–Trinajstić information content (AvgIpc) is 3.33. The summed E-state index contributed by atoms with van der Waals surface area (Å²) in [4.78, 5) is 29.6. The zero-order valence-electron chi connectivity index (χ0n) is 16.3. The highest BCUT2D eigenvalue weighted by molar-refractivity contribution is 7.15. The summed E-state index contributed by atoms with van der Waals surface area (Å²) < 4.78 is 4.26. The van der Waals surface area contributed by atoms with Crippen molar-refractivity contribution in [3.05, 3.63) is 92.0 Å². The van der Waals surface area contributed by atoms with Crippen LogP contribution < -0.4 is 10.1 Å². The SMILES string of the molecule is Cc1cc(/C=c2/sc3nc4ccccc4n3c2=O)c(C)n1-c1cccc(C(=O)O)c1. The number of imidazole rings is 1. The number of rotatable bonds is 3. The van der Waals surface area contributed by atoms with Crippen LogP contribution in [-0.4, -0.2) is 25.0 Å². The predicted octanol–water partition coefficient (Wildman–Crippen LogP) is 3.56. The number of benzene rings is 2. The number of fused-ring (bicyclic) bond motifs is 3. The maximum Gasteiger partial charge on any atom is 0.335 e. The van der Waals surface area contributed by atoms with Gasteiger partial charge in [0.1, 0.15) is 0 Å². The molecule has 5 rings (SSSR count). The van der Waals surface area contributed by atoms with Gasteiger partial charge in [0, 0.05) is 17.1 Å². The molecule has 5 aromatic rings. The van der Waals surface area contributed by atoms with Gasteiger partial charge in [0.25, 0.3) is 5.56 Å². The smallest absolute Gasteiger partial charge is 0.335 e. The maximum absolute atomic E-state index is 13.0. The molecule has 0 aliphatic carbocycles. The van der Waals surface area contributed by atoms with E-state index in [0.29, 0.717) is 9.49 Å². The van der Waals surface area contributed by atoms with Gasteiger partial charge in [0.2, 0.25) is 0 Å². The van der Waals surface area contributed by atoms with Crippen LogP contribution >= 0.6 is 11.3 Å². The summed E-state index contributed by atoms with van der Waals surface area (Å²) in [7, 11) is 0. The number of carboxylic acid groups (broad SMARTS) is 1. The Labute approximate surface area is 175 Å². The van der Waals surface area contributed by atoms with Gasteiger partial charge >= 0.3 is 5.97 Å². The first-order valence-corrected chi connectivity index (χ1v) is 10.2. The summed E-state index contributed by atoms with van der Waals surface area (Å²) in [6.07, 6.45) is 1.89. The lowest BCUT2D eigenvalue weighted by Crippen LogP contribution is -2.22. The molecule has 0 aliphatic heterocycles. The Morgan fingerprint density at radius 1 is 1.10 bits per heavy atom. The van der Waals surface area contributed by atoms with E-state index < -0.39 is 5.97 Å². The molecular formula is C23H17N3O3S. The number of aryl methyl sites for hydroxylation is 1.